The Bertz CT molecular complexity index is 692. The van der Waals surface area contributed by atoms with Gasteiger partial charge in [-0.05, 0) is 42.5 Å². The predicted octanol–water partition coefficient (Wildman–Crippen LogP) is 3.83. The summed E-state index contributed by atoms with van der Waals surface area (Å²) in [5, 5.41) is 8.79. The zero-order valence-corrected chi connectivity index (χ0v) is 18.1. The number of hydrogen-bond donors (Lipinski definition) is 2. The summed E-state index contributed by atoms with van der Waals surface area (Å²) in [7, 11) is 0. The average molecular weight is 487 g/mol. The minimum atomic E-state index is 0. The van der Waals surface area contributed by atoms with Crippen molar-refractivity contribution in [3.63, 3.8) is 0 Å². The van der Waals surface area contributed by atoms with Gasteiger partial charge in [-0.25, -0.2) is 4.99 Å². The van der Waals surface area contributed by atoms with Crippen LogP contribution in [0, 0.1) is 0 Å². The summed E-state index contributed by atoms with van der Waals surface area (Å²) in [6, 6.07) is 10.3. The van der Waals surface area contributed by atoms with Gasteiger partial charge in [-0.1, -0.05) is 12.1 Å². The van der Waals surface area contributed by atoms with E-state index in [0.717, 1.165) is 49.0 Å². The summed E-state index contributed by atoms with van der Waals surface area (Å²) in [5.41, 5.74) is 1.11. The molecule has 0 amide bonds. The van der Waals surface area contributed by atoms with Crippen LogP contribution in [0.4, 0.5) is 0 Å². The molecule has 2 heterocycles. The summed E-state index contributed by atoms with van der Waals surface area (Å²) in [4.78, 5) is 6.06. The molecule has 3 rings (SSSR count). The molecule has 0 aliphatic carbocycles. The van der Waals surface area contributed by atoms with Crippen LogP contribution in [0.25, 0.3) is 0 Å². The number of rotatable bonds is 6. The first-order chi connectivity index (χ1) is 12.3. The van der Waals surface area contributed by atoms with E-state index in [1.807, 2.05) is 18.2 Å². The molecule has 0 fully saturated rings. The van der Waals surface area contributed by atoms with Gasteiger partial charge in [0, 0.05) is 24.4 Å². The molecule has 0 saturated heterocycles. The highest BCUT2D eigenvalue weighted by Gasteiger charge is 2.10. The van der Waals surface area contributed by atoms with Crippen molar-refractivity contribution in [1.82, 2.24) is 10.6 Å². The van der Waals surface area contributed by atoms with Crippen LogP contribution in [-0.4, -0.2) is 32.3 Å². The van der Waals surface area contributed by atoms with Gasteiger partial charge in [0.25, 0.3) is 0 Å². The highest BCUT2D eigenvalue weighted by Crippen LogP contribution is 2.30. The van der Waals surface area contributed by atoms with Crippen molar-refractivity contribution in [2.45, 2.75) is 26.3 Å². The molecule has 0 unspecified atom stereocenters. The monoisotopic (exact) mass is 487 g/mol. The summed E-state index contributed by atoms with van der Waals surface area (Å²) in [5.74, 6) is 2.48. The molecule has 142 valence electrons. The fourth-order valence-corrected chi connectivity index (χ4v) is 3.29. The number of aliphatic imine (C=N–C) groups is 1. The lowest BCUT2D eigenvalue weighted by Gasteiger charge is -2.12. The number of guanidine groups is 1. The number of thiophene rings is 1. The number of ether oxygens (including phenoxy) is 2. The Balaban J connectivity index is 0.00000243. The Morgan fingerprint density at radius 3 is 2.77 bits per heavy atom. The molecule has 0 radical (unpaired) electrons. The quantitative estimate of drug-likeness (QED) is 0.370. The molecule has 0 spiro atoms. The minimum absolute atomic E-state index is 0. The Morgan fingerprint density at radius 2 is 2.00 bits per heavy atom. The van der Waals surface area contributed by atoms with Crippen LogP contribution >= 0.6 is 35.3 Å². The topological polar surface area (TPSA) is 54.9 Å². The van der Waals surface area contributed by atoms with Crippen molar-refractivity contribution >= 4 is 41.3 Å². The van der Waals surface area contributed by atoms with Crippen molar-refractivity contribution in [1.29, 1.82) is 0 Å². The highest BCUT2D eigenvalue weighted by atomic mass is 127. The van der Waals surface area contributed by atoms with Gasteiger partial charge in [0.2, 0.25) is 0 Å². The van der Waals surface area contributed by atoms with Gasteiger partial charge in [-0.15, -0.1) is 35.3 Å². The maximum absolute atomic E-state index is 5.75. The number of nitrogens with zero attached hydrogens (tertiary/aromatic N) is 1. The van der Waals surface area contributed by atoms with Crippen LogP contribution in [0.1, 0.15) is 23.8 Å². The van der Waals surface area contributed by atoms with E-state index in [1.165, 1.54) is 4.88 Å². The van der Waals surface area contributed by atoms with Crippen molar-refractivity contribution < 1.29 is 9.47 Å². The second-order valence-corrected chi connectivity index (χ2v) is 6.82. The third-order valence-corrected chi connectivity index (χ3v) is 4.76. The fraction of sp³-hybridized carbons (Fsp3) is 0.421. The van der Waals surface area contributed by atoms with Gasteiger partial charge in [0.1, 0.15) is 0 Å². The molecule has 1 aliphatic rings. The second kappa shape index (κ2) is 11.3. The number of fused-ring (bicyclic) bond motifs is 1. The lowest BCUT2D eigenvalue weighted by Crippen LogP contribution is -2.38. The number of halogens is 1. The van der Waals surface area contributed by atoms with E-state index in [-0.39, 0.29) is 24.0 Å². The van der Waals surface area contributed by atoms with E-state index in [9.17, 15) is 0 Å². The molecular formula is C19H26IN3O2S. The van der Waals surface area contributed by atoms with E-state index in [2.05, 4.69) is 40.1 Å². The largest absolute Gasteiger partial charge is 0.490 e. The standard InChI is InChI=1S/C19H25N3O2S.HI/c1-2-20-19(21-9-8-16-5-3-12-25-16)22-14-15-6-7-17-18(13-15)24-11-4-10-23-17;/h3,5-7,12-13H,2,4,8-11,14H2,1H3,(H2,20,21,22);1H. The molecule has 1 aromatic carbocycles. The molecule has 1 aliphatic heterocycles. The van der Waals surface area contributed by atoms with Gasteiger partial charge >= 0.3 is 0 Å². The van der Waals surface area contributed by atoms with E-state index in [0.29, 0.717) is 19.8 Å². The van der Waals surface area contributed by atoms with Crippen molar-refractivity contribution in [3.05, 3.63) is 46.2 Å². The van der Waals surface area contributed by atoms with Crippen LogP contribution < -0.4 is 20.1 Å². The Hall–Kier alpha value is -1.48. The van der Waals surface area contributed by atoms with E-state index < -0.39 is 0 Å². The third-order valence-electron chi connectivity index (χ3n) is 3.82. The smallest absolute Gasteiger partial charge is 0.191 e. The third kappa shape index (κ3) is 6.35. The average Bonchev–Trinajstić information content (AvgIpc) is 3.03. The lowest BCUT2D eigenvalue weighted by atomic mass is 10.2. The van der Waals surface area contributed by atoms with Crippen molar-refractivity contribution in [2.24, 2.45) is 4.99 Å². The maximum atomic E-state index is 5.75. The van der Waals surface area contributed by atoms with Gasteiger partial charge < -0.3 is 20.1 Å². The van der Waals surface area contributed by atoms with Crippen molar-refractivity contribution in [2.75, 3.05) is 26.3 Å². The minimum Gasteiger partial charge on any atom is -0.490 e. The number of nitrogens with one attached hydrogen (secondary N) is 2. The first-order valence-corrected chi connectivity index (χ1v) is 9.66. The Morgan fingerprint density at radius 1 is 1.15 bits per heavy atom. The van der Waals surface area contributed by atoms with Crippen molar-refractivity contribution in [3.8, 4) is 11.5 Å². The zero-order valence-electron chi connectivity index (χ0n) is 15.0. The van der Waals surface area contributed by atoms with Crippen LogP contribution in [0.15, 0.2) is 40.7 Å². The van der Waals surface area contributed by atoms with Crippen LogP contribution in [-0.2, 0) is 13.0 Å². The van der Waals surface area contributed by atoms with Gasteiger partial charge in [-0.2, -0.15) is 0 Å². The Kier molecular flexibility index (Phi) is 9.04. The normalized spacial score (nSPS) is 13.5. The molecule has 0 bridgehead atoms. The zero-order chi connectivity index (χ0) is 17.3. The molecule has 26 heavy (non-hydrogen) atoms. The second-order valence-electron chi connectivity index (χ2n) is 5.78. The fourth-order valence-electron chi connectivity index (χ4n) is 2.58. The van der Waals surface area contributed by atoms with Crippen LogP contribution in [0.3, 0.4) is 0 Å². The maximum Gasteiger partial charge on any atom is 0.191 e. The molecular weight excluding hydrogens is 461 g/mol. The molecule has 5 nitrogen and oxygen atoms in total. The first kappa shape index (κ1) is 20.8. The summed E-state index contributed by atoms with van der Waals surface area (Å²) in [6.45, 7) is 5.80. The first-order valence-electron chi connectivity index (χ1n) is 8.78. The number of benzene rings is 1. The predicted molar refractivity (Wildman–Crippen MR) is 118 cm³/mol. The van der Waals surface area contributed by atoms with Gasteiger partial charge in [0.05, 0.1) is 19.8 Å². The van der Waals surface area contributed by atoms with Gasteiger partial charge in [-0.3, -0.25) is 0 Å². The Labute approximate surface area is 176 Å². The van der Waals surface area contributed by atoms with Crippen LogP contribution in [0.2, 0.25) is 0 Å². The lowest BCUT2D eigenvalue weighted by molar-refractivity contribution is 0.297. The SMILES string of the molecule is CCNC(=NCc1ccc2c(c1)OCCCO2)NCCc1cccs1.I. The molecule has 2 N–H and O–H groups in total. The molecule has 0 atom stereocenters. The van der Waals surface area contributed by atoms with Gasteiger partial charge in [0.15, 0.2) is 17.5 Å². The van der Waals surface area contributed by atoms with E-state index in [1.54, 1.807) is 11.3 Å². The van der Waals surface area contributed by atoms with E-state index in [4.69, 9.17) is 9.47 Å². The van der Waals surface area contributed by atoms with E-state index >= 15 is 0 Å². The molecule has 7 heteroatoms. The van der Waals surface area contributed by atoms with Crippen LogP contribution in [0.5, 0.6) is 11.5 Å². The summed E-state index contributed by atoms with van der Waals surface area (Å²) in [6.07, 6.45) is 1.92. The molecule has 2 aromatic rings. The molecule has 1 aromatic heterocycles. The summed E-state index contributed by atoms with van der Waals surface area (Å²) < 4.78 is 11.4. The summed E-state index contributed by atoms with van der Waals surface area (Å²) >= 11 is 1.79. The number of hydrogen-bond acceptors (Lipinski definition) is 4. The molecule has 0 saturated carbocycles. The highest BCUT2D eigenvalue weighted by molar-refractivity contribution is 14.0.